The minimum Gasteiger partial charge on any atom is -1.00 e. The summed E-state index contributed by atoms with van der Waals surface area (Å²) in [6.45, 7) is 8.57. The monoisotopic (exact) mass is 247 g/mol. The minimum absolute atomic E-state index is 0. The van der Waals surface area contributed by atoms with Crippen LogP contribution in [-0.2, 0) is 0 Å². The first-order valence-corrected chi connectivity index (χ1v) is 5.36. The lowest BCUT2D eigenvalue weighted by molar-refractivity contribution is -0.872. The van der Waals surface area contributed by atoms with Crippen LogP contribution in [0.4, 0.5) is 0 Å². The summed E-state index contributed by atoms with van der Waals surface area (Å²) in [5.41, 5.74) is 0. The molecule has 0 bridgehead atoms. The lowest BCUT2D eigenvalue weighted by Gasteiger charge is -2.30. The lowest BCUT2D eigenvalue weighted by Crippen LogP contribution is -3.00. The van der Waals surface area contributed by atoms with E-state index < -0.39 is 0 Å². The van der Waals surface area contributed by atoms with Gasteiger partial charge in [0, 0.05) is 6.42 Å². The average molecular weight is 248 g/mol. The summed E-state index contributed by atoms with van der Waals surface area (Å²) in [5.74, 6) is 0. The first-order chi connectivity index (χ1) is 5.83. The van der Waals surface area contributed by atoms with E-state index in [-0.39, 0.29) is 17.0 Å². The highest BCUT2D eigenvalue weighted by atomic mass is 79.9. The third-order valence-electron chi connectivity index (χ3n) is 3.00. The highest BCUT2D eigenvalue weighted by molar-refractivity contribution is 4.81. The second-order valence-electron chi connectivity index (χ2n) is 3.86. The van der Waals surface area contributed by atoms with E-state index in [1.807, 2.05) is 0 Å². The van der Waals surface area contributed by atoms with Crippen LogP contribution in [0.2, 0.25) is 0 Å². The maximum atomic E-state index is 2.41. The number of hydrogen-bond donors (Lipinski definition) is 0. The Kier molecular flexibility index (Phi) is 6.70. The summed E-state index contributed by atoms with van der Waals surface area (Å²) in [6.07, 6.45) is 10.2. The minimum atomic E-state index is 0. The van der Waals surface area contributed by atoms with E-state index in [9.17, 15) is 0 Å². The third kappa shape index (κ3) is 3.82. The molecule has 1 atom stereocenters. The van der Waals surface area contributed by atoms with Crippen molar-refractivity contribution in [3.8, 4) is 0 Å². The summed E-state index contributed by atoms with van der Waals surface area (Å²) < 4.78 is 1.25. The van der Waals surface area contributed by atoms with Crippen molar-refractivity contribution in [3.63, 3.8) is 0 Å². The molecule has 0 aromatic heterocycles. The van der Waals surface area contributed by atoms with Gasteiger partial charge < -0.3 is 17.0 Å². The van der Waals surface area contributed by atoms with Gasteiger partial charge in [0.25, 0.3) is 0 Å². The van der Waals surface area contributed by atoms with Crippen molar-refractivity contribution < 1.29 is 21.5 Å². The number of nitrogens with zero attached hydrogens (tertiary/aromatic N) is 1. The fourth-order valence-corrected chi connectivity index (χ4v) is 1.99. The maximum Gasteiger partial charge on any atom is 0.0920 e. The van der Waals surface area contributed by atoms with E-state index >= 15 is 0 Å². The lowest BCUT2D eigenvalue weighted by atomic mass is 10.2. The van der Waals surface area contributed by atoms with Gasteiger partial charge >= 0.3 is 0 Å². The molecule has 0 aromatic carbocycles. The quantitative estimate of drug-likeness (QED) is 0.472. The van der Waals surface area contributed by atoms with Gasteiger partial charge in [0.1, 0.15) is 0 Å². The molecule has 1 aliphatic heterocycles. The zero-order chi connectivity index (χ0) is 8.86. The predicted octanol–water partition coefficient (Wildman–Crippen LogP) is -0.0653. The molecule has 2 heteroatoms. The van der Waals surface area contributed by atoms with E-state index in [1.54, 1.807) is 0 Å². The molecule has 0 saturated carbocycles. The Morgan fingerprint density at radius 1 is 1.23 bits per heavy atom. The van der Waals surface area contributed by atoms with E-state index in [2.05, 4.69) is 26.1 Å². The summed E-state index contributed by atoms with van der Waals surface area (Å²) in [4.78, 5) is 0. The number of hydrogen-bond acceptors (Lipinski definition) is 0. The molecule has 1 unspecified atom stereocenters. The van der Waals surface area contributed by atoms with Crippen LogP contribution >= 0.6 is 0 Å². The van der Waals surface area contributed by atoms with E-state index in [4.69, 9.17) is 0 Å². The number of quaternary nitrogens is 1. The average Bonchev–Trinajstić information content (AvgIpc) is 2.55. The summed E-state index contributed by atoms with van der Waals surface area (Å²) in [6, 6.07) is 0. The van der Waals surface area contributed by atoms with Crippen LogP contribution in [0.3, 0.4) is 0 Å². The molecule has 0 N–H and O–H groups in total. The number of rotatable bonds is 5. The van der Waals surface area contributed by atoms with Gasteiger partial charge in [-0.3, -0.25) is 4.48 Å². The Morgan fingerprint density at radius 3 is 2.46 bits per heavy atom. The van der Waals surface area contributed by atoms with Gasteiger partial charge in [-0.1, -0.05) is 13.3 Å². The van der Waals surface area contributed by atoms with Gasteiger partial charge in [0.2, 0.25) is 0 Å². The molecular formula is C11H22BrN. The van der Waals surface area contributed by atoms with Crippen molar-refractivity contribution in [2.75, 3.05) is 19.6 Å². The Hall–Kier alpha value is 0.180. The molecule has 13 heavy (non-hydrogen) atoms. The van der Waals surface area contributed by atoms with E-state index in [0.717, 1.165) is 0 Å². The second kappa shape index (κ2) is 6.61. The first kappa shape index (κ1) is 13.2. The smallest absolute Gasteiger partial charge is 0.0920 e. The molecule has 1 heterocycles. The fourth-order valence-electron chi connectivity index (χ4n) is 1.99. The van der Waals surface area contributed by atoms with E-state index in [1.165, 1.54) is 49.8 Å². The highest BCUT2D eigenvalue weighted by Gasteiger charge is 2.24. The number of unbranched alkanes of at least 4 members (excludes halogenated alkanes) is 2. The van der Waals surface area contributed by atoms with Crippen LogP contribution in [-0.4, -0.2) is 24.1 Å². The summed E-state index contributed by atoms with van der Waals surface area (Å²) in [5, 5.41) is 0. The molecular weight excluding hydrogens is 226 g/mol. The molecule has 1 rings (SSSR count). The topological polar surface area (TPSA) is 0 Å². The van der Waals surface area contributed by atoms with Crippen LogP contribution in [0.1, 0.15) is 39.5 Å². The van der Waals surface area contributed by atoms with Gasteiger partial charge in [0.05, 0.1) is 25.8 Å². The molecule has 0 radical (unpaired) electrons. The molecule has 78 valence electrons. The van der Waals surface area contributed by atoms with Gasteiger partial charge in [-0.2, -0.15) is 0 Å². The van der Waals surface area contributed by atoms with Crippen LogP contribution in [0, 0.1) is 0 Å². The Labute approximate surface area is 93.2 Å². The van der Waals surface area contributed by atoms with Crippen LogP contribution in [0.25, 0.3) is 0 Å². The van der Waals surface area contributed by atoms with E-state index in [0.29, 0.717) is 0 Å². The standard InChI is InChI=1S/C11H22N.BrH/c1-3-5-6-9-12(4-2)10-7-8-11-12;/h7,10H,3-6,8-9,11H2,1-2H3;1H/q+1;/p-1. The molecule has 0 aliphatic carbocycles. The third-order valence-corrected chi connectivity index (χ3v) is 3.00. The molecule has 1 aliphatic rings. The predicted molar refractivity (Wildman–Crippen MR) is 53.8 cm³/mol. The largest absolute Gasteiger partial charge is 1.00 e. The highest BCUT2D eigenvalue weighted by Crippen LogP contribution is 2.18. The summed E-state index contributed by atoms with van der Waals surface area (Å²) >= 11 is 0. The van der Waals surface area contributed by atoms with Crippen molar-refractivity contribution in [1.82, 2.24) is 0 Å². The SMILES string of the molecule is CCCCC[N+]1(CC)C=CCC1.[Br-]. The Bertz CT molecular complexity index is 156. The molecule has 0 aromatic rings. The van der Waals surface area contributed by atoms with Crippen molar-refractivity contribution >= 4 is 0 Å². The van der Waals surface area contributed by atoms with Crippen LogP contribution in [0.5, 0.6) is 0 Å². The maximum absolute atomic E-state index is 2.41. The fraction of sp³-hybridized carbons (Fsp3) is 0.818. The Balaban J connectivity index is 0.00000144. The molecule has 0 spiro atoms. The van der Waals surface area contributed by atoms with Gasteiger partial charge in [0.15, 0.2) is 0 Å². The summed E-state index contributed by atoms with van der Waals surface area (Å²) in [7, 11) is 0. The van der Waals surface area contributed by atoms with Gasteiger partial charge in [-0.25, -0.2) is 0 Å². The second-order valence-corrected chi connectivity index (χ2v) is 3.86. The molecule has 0 amide bonds. The first-order valence-electron chi connectivity index (χ1n) is 5.36. The van der Waals surface area contributed by atoms with Gasteiger partial charge in [-0.05, 0) is 25.8 Å². The zero-order valence-electron chi connectivity index (χ0n) is 8.93. The van der Waals surface area contributed by atoms with Crippen molar-refractivity contribution in [3.05, 3.63) is 12.3 Å². The van der Waals surface area contributed by atoms with Crippen molar-refractivity contribution in [1.29, 1.82) is 0 Å². The molecule has 1 nitrogen and oxygen atoms in total. The van der Waals surface area contributed by atoms with Crippen LogP contribution in [0.15, 0.2) is 12.3 Å². The normalized spacial score (nSPS) is 26.0. The molecule has 0 fully saturated rings. The zero-order valence-corrected chi connectivity index (χ0v) is 10.5. The van der Waals surface area contributed by atoms with Crippen molar-refractivity contribution in [2.45, 2.75) is 39.5 Å². The van der Waals surface area contributed by atoms with Gasteiger partial charge in [-0.15, -0.1) is 0 Å². The van der Waals surface area contributed by atoms with Crippen molar-refractivity contribution in [2.24, 2.45) is 0 Å². The Morgan fingerprint density at radius 2 is 2.00 bits per heavy atom. The molecule has 0 saturated heterocycles. The van der Waals surface area contributed by atoms with Crippen LogP contribution < -0.4 is 17.0 Å². The number of halogens is 1.